The number of nitrogens with one attached hydrogen (secondary N) is 2. The van der Waals surface area contributed by atoms with Gasteiger partial charge in [0.25, 0.3) is 0 Å². The van der Waals surface area contributed by atoms with Crippen molar-refractivity contribution < 1.29 is 9.59 Å². The summed E-state index contributed by atoms with van der Waals surface area (Å²) in [6.07, 6.45) is 1.78. The average Bonchev–Trinajstić information content (AvgIpc) is 3.03. The second kappa shape index (κ2) is 6.63. The van der Waals surface area contributed by atoms with Gasteiger partial charge in [0.15, 0.2) is 6.29 Å². The Balaban J connectivity index is 2.03. The lowest BCUT2D eigenvalue weighted by atomic mass is 10.1. The SMILES string of the molecule is O=Cc1cccc(-n2c(C3CNCCN3)c(C=O)c3ccccc32)c1. The summed E-state index contributed by atoms with van der Waals surface area (Å²) in [6, 6.07) is 15.4. The van der Waals surface area contributed by atoms with E-state index in [1.165, 1.54) is 0 Å². The third kappa shape index (κ3) is 2.67. The Morgan fingerprint density at radius 1 is 1.00 bits per heavy atom. The van der Waals surface area contributed by atoms with Gasteiger partial charge in [-0.3, -0.25) is 9.59 Å². The van der Waals surface area contributed by atoms with Crippen molar-refractivity contribution in [3.8, 4) is 5.69 Å². The number of nitrogens with zero attached hydrogens (tertiary/aromatic N) is 1. The van der Waals surface area contributed by atoms with E-state index in [0.717, 1.165) is 54.5 Å². The van der Waals surface area contributed by atoms with Crippen LogP contribution >= 0.6 is 0 Å². The largest absolute Gasteiger partial charge is 0.314 e. The molecule has 2 N–H and O–H groups in total. The number of piperazine rings is 1. The Kier molecular flexibility index (Phi) is 4.17. The van der Waals surface area contributed by atoms with Crippen LogP contribution in [0, 0.1) is 0 Å². The van der Waals surface area contributed by atoms with Crippen molar-refractivity contribution in [1.82, 2.24) is 15.2 Å². The maximum atomic E-state index is 11.9. The molecule has 0 radical (unpaired) electrons. The predicted octanol–water partition coefficient (Wildman–Crippen LogP) is 2.49. The number of rotatable bonds is 4. The highest BCUT2D eigenvalue weighted by atomic mass is 16.1. The number of aldehydes is 2. The highest BCUT2D eigenvalue weighted by Gasteiger charge is 2.26. The maximum Gasteiger partial charge on any atom is 0.152 e. The molecule has 25 heavy (non-hydrogen) atoms. The number of carbonyl (C=O) groups excluding carboxylic acids is 2. The Hall–Kier alpha value is -2.76. The fourth-order valence-electron chi connectivity index (χ4n) is 3.61. The van der Waals surface area contributed by atoms with E-state index in [-0.39, 0.29) is 6.04 Å². The third-order valence-corrected chi connectivity index (χ3v) is 4.71. The Morgan fingerprint density at radius 3 is 2.64 bits per heavy atom. The summed E-state index contributed by atoms with van der Waals surface area (Å²) in [5.41, 5.74) is 4.11. The number of hydrogen-bond acceptors (Lipinski definition) is 4. The lowest BCUT2D eigenvalue weighted by Crippen LogP contribution is -2.43. The topological polar surface area (TPSA) is 63.1 Å². The van der Waals surface area contributed by atoms with Gasteiger partial charge in [-0.25, -0.2) is 0 Å². The molecule has 1 aliphatic heterocycles. The quantitative estimate of drug-likeness (QED) is 0.720. The van der Waals surface area contributed by atoms with Crippen molar-refractivity contribution in [2.24, 2.45) is 0 Å². The minimum atomic E-state index is 0.0289. The van der Waals surface area contributed by atoms with Gasteiger partial charge in [-0.2, -0.15) is 0 Å². The lowest BCUT2D eigenvalue weighted by molar-refractivity contribution is 0.111. The van der Waals surface area contributed by atoms with Crippen LogP contribution in [0.3, 0.4) is 0 Å². The molecule has 0 aliphatic carbocycles. The Bertz CT molecular complexity index is 939. The van der Waals surface area contributed by atoms with Crippen LogP contribution in [0.2, 0.25) is 0 Å². The molecule has 1 atom stereocenters. The molecule has 126 valence electrons. The van der Waals surface area contributed by atoms with E-state index < -0.39 is 0 Å². The van der Waals surface area contributed by atoms with Crippen LogP contribution in [0.1, 0.15) is 32.5 Å². The monoisotopic (exact) mass is 333 g/mol. The molecule has 1 aliphatic rings. The van der Waals surface area contributed by atoms with Gasteiger partial charge in [-0.1, -0.05) is 30.3 Å². The fourth-order valence-corrected chi connectivity index (χ4v) is 3.61. The molecule has 4 rings (SSSR count). The van der Waals surface area contributed by atoms with Crippen molar-refractivity contribution in [3.63, 3.8) is 0 Å². The summed E-state index contributed by atoms with van der Waals surface area (Å²) in [4.78, 5) is 23.1. The first-order valence-electron chi connectivity index (χ1n) is 8.41. The van der Waals surface area contributed by atoms with Crippen LogP contribution in [0.15, 0.2) is 48.5 Å². The molecular weight excluding hydrogens is 314 g/mol. The van der Waals surface area contributed by atoms with Gasteiger partial charge in [0.1, 0.15) is 6.29 Å². The number of fused-ring (bicyclic) bond motifs is 1. The standard InChI is InChI=1S/C20H19N3O2/c24-12-14-4-3-5-15(10-14)23-19-7-2-1-6-16(19)17(13-25)20(23)18-11-21-8-9-22-18/h1-7,10,12-13,18,21-22H,8-9,11H2. The van der Waals surface area contributed by atoms with Crippen molar-refractivity contribution >= 4 is 23.5 Å². The smallest absolute Gasteiger partial charge is 0.152 e. The summed E-state index contributed by atoms with van der Waals surface area (Å²) in [7, 11) is 0. The fraction of sp³-hybridized carbons (Fsp3) is 0.200. The van der Waals surface area contributed by atoms with Gasteiger partial charge in [-0.05, 0) is 18.2 Å². The Labute approximate surface area is 145 Å². The molecule has 0 amide bonds. The second-order valence-corrected chi connectivity index (χ2v) is 6.19. The summed E-state index contributed by atoms with van der Waals surface area (Å²) in [6.45, 7) is 2.51. The van der Waals surface area contributed by atoms with E-state index in [1.54, 1.807) is 6.07 Å². The van der Waals surface area contributed by atoms with Crippen LogP contribution in [0.5, 0.6) is 0 Å². The molecule has 5 nitrogen and oxygen atoms in total. The van der Waals surface area contributed by atoms with Crippen molar-refractivity contribution in [2.45, 2.75) is 6.04 Å². The zero-order valence-electron chi connectivity index (χ0n) is 13.7. The molecule has 1 saturated heterocycles. The summed E-state index contributed by atoms with van der Waals surface area (Å²) >= 11 is 0. The molecule has 1 unspecified atom stereocenters. The first-order chi connectivity index (χ1) is 12.3. The van der Waals surface area contributed by atoms with E-state index in [9.17, 15) is 9.59 Å². The molecule has 2 heterocycles. The van der Waals surface area contributed by atoms with Crippen molar-refractivity contribution in [2.75, 3.05) is 19.6 Å². The number of aromatic nitrogens is 1. The van der Waals surface area contributed by atoms with Crippen LogP contribution in [0.25, 0.3) is 16.6 Å². The van der Waals surface area contributed by atoms with E-state index in [1.807, 2.05) is 42.5 Å². The van der Waals surface area contributed by atoms with Gasteiger partial charge in [-0.15, -0.1) is 0 Å². The van der Waals surface area contributed by atoms with Crippen LogP contribution in [-0.4, -0.2) is 36.8 Å². The molecule has 1 fully saturated rings. The summed E-state index contributed by atoms with van der Waals surface area (Å²) < 4.78 is 2.09. The van der Waals surface area contributed by atoms with E-state index in [2.05, 4.69) is 15.2 Å². The van der Waals surface area contributed by atoms with Crippen LogP contribution in [0.4, 0.5) is 0 Å². The highest BCUT2D eigenvalue weighted by molar-refractivity contribution is 6.00. The maximum absolute atomic E-state index is 11.9. The summed E-state index contributed by atoms with van der Waals surface area (Å²) in [5.74, 6) is 0. The number of benzene rings is 2. The van der Waals surface area contributed by atoms with Gasteiger partial charge >= 0.3 is 0 Å². The number of para-hydroxylation sites is 1. The first kappa shape index (κ1) is 15.7. The number of hydrogen-bond donors (Lipinski definition) is 2. The van der Waals surface area contributed by atoms with Gasteiger partial charge < -0.3 is 15.2 Å². The first-order valence-corrected chi connectivity index (χ1v) is 8.41. The second-order valence-electron chi connectivity index (χ2n) is 6.19. The molecule has 1 aromatic heterocycles. The lowest BCUT2D eigenvalue weighted by Gasteiger charge is -2.27. The highest BCUT2D eigenvalue weighted by Crippen LogP contribution is 2.32. The van der Waals surface area contributed by atoms with Gasteiger partial charge in [0.05, 0.1) is 17.3 Å². The zero-order valence-corrected chi connectivity index (χ0v) is 13.7. The molecule has 0 saturated carbocycles. The summed E-state index contributed by atoms with van der Waals surface area (Å²) in [5, 5.41) is 7.81. The molecule has 0 spiro atoms. The van der Waals surface area contributed by atoms with Crippen molar-refractivity contribution in [1.29, 1.82) is 0 Å². The zero-order chi connectivity index (χ0) is 17.2. The average molecular weight is 333 g/mol. The van der Waals surface area contributed by atoms with Crippen LogP contribution < -0.4 is 10.6 Å². The van der Waals surface area contributed by atoms with Gasteiger partial charge in [0, 0.05) is 41.8 Å². The normalized spacial score (nSPS) is 17.5. The van der Waals surface area contributed by atoms with Crippen LogP contribution in [-0.2, 0) is 0 Å². The van der Waals surface area contributed by atoms with E-state index >= 15 is 0 Å². The third-order valence-electron chi connectivity index (χ3n) is 4.71. The predicted molar refractivity (Wildman–Crippen MR) is 97.7 cm³/mol. The molecule has 2 aromatic carbocycles. The van der Waals surface area contributed by atoms with Gasteiger partial charge in [0.2, 0.25) is 0 Å². The molecule has 0 bridgehead atoms. The molecule has 5 heteroatoms. The Morgan fingerprint density at radius 2 is 1.88 bits per heavy atom. The van der Waals surface area contributed by atoms with E-state index in [0.29, 0.717) is 11.1 Å². The molecular formula is C20H19N3O2. The minimum Gasteiger partial charge on any atom is -0.314 e. The minimum absolute atomic E-state index is 0.0289. The van der Waals surface area contributed by atoms with Crippen molar-refractivity contribution in [3.05, 3.63) is 65.4 Å². The number of carbonyl (C=O) groups is 2. The molecule has 3 aromatic rings. The van der Waals surface area contributed by atoms with E-state index in [4.69, 9.17) is 0 Å².